The lowest BCUT2D eigenvalue weighted by Crippen LogP contribution is -2.18. The number of benzene rings is 1. The number of anilines is 1. The van der Waals surface area contributed by atoms with Gasteiger partial charge in [-0.25, -0.2) is 4.98 Å². The van der Waals surface area contributed by atoms with Crippen molar-refractivity contribution in [2.75, 3.05) is 11.9 Å². The summed E-state index contributed by atoms with van der Waals surface area (Å²) in [4.78, 5) is 15.5. The van der Waals surface area contributed by atoms with Gasteiger partial charge in [0.1, 0.15) is 0 Å². The van der Waals surface area contributed by atoms with Crippen LogP contribution in [0.3, 0.4) is 0 Å². The predicted molar refractivity (Wildman–Crippen MR) is 98.5 cm³/mol. The second-order valence-electron chi connectivity index (χ2n) is 6.67. The quantitative estimate of drug-likeness (QED) is 0.770. The number of nitrogens with zero attached hydrogens (tertiary/aromatic N) is 1. The summed E-state index contributed by atoms with van der Waals surface area (Å²) in [5.41, 5.74) is 3.09. The van der Waals surface area contributed by atoms with Gasteiger partial charge in [-0.2, -0.15) is 0 Å². The van der Waals surface area contributed by atoms with Crippen molar-refractivity contribution in [1.29, 1.82) is 0 Å². The van der Waals surface area contributed by atoms with Gasteiger partial charge in [0.25, 0.3) is 0 Å². The number of hydrogen-bond donors (Lipinski definition) is 2. The van der Waals surface area contributed by atoms with Crippen molar-refractivity contribution in [3.63, 3.8) is 0 Å². The number of aromatic nitrogens is 1. The van der Waals surface area contributed by atoms with Gasteiger partial charge in [-0.15, -0.1) is 0 Å². The van der Waals surface area contributed by atoms with Crippen LogP contribution >= 0.6 is 0 Å². The van der Waals surface area contributed by atoms with E-state index in [2.05, 4.69) is 28.6 Å². The summed E-state index contributed by atoms with van der Waals surface area (Å²) >= 11 is 0. The fraction of sp³-hybridized carbons (Fsp3) is 0.400. The highest BCUT2D eigenvalue weighted by molar-refractivity contribution is 5.88. The number of rotatable bonds is 8. The number of carbonyl (C=O) groups is 1. The van der Waals surface area contributed by atoms with Crippen LogP contribution in [0.5, 0.6) is 5.88 Å². The smallest absolute Gasteiger partial charge is 0.221 e. The average Bonchev–Trinajstić information content (AvgIpc) is 3.42. The van der Waals surface area contributed by atoms with E-state index in [1.54, 1.807) is 6.20 Å². The molecule has 1 aliphatic rings. The molecule has 1 saturated carbocycles. The van der Waals surface area contributed by atoms with E-state index in [9.17, 15) is 4.79 Å². The third-order valence-corrected chi connectivity index (χ3v) is 4.28. The Morgan fingerprint density at radius 3 is 2.92 bits per heavy atom. The Bertz CT molecular complexity index is 728. The van der Waals surface area contributed by atoms with Gasteiger partial charge in [-0.3, -0.25) is 4.79 Å². The number of carbonyl (C=O) groups excluding carboxylic acids is 1. The zero-order chi connectivity index (χ0) is 17.6. The molecule has 3 rings (SSSR count). The molecule has 0 saturated heterocycles. The van der Waals surface area contributed by atoms with Crippen molar-refractivity contribution in [3.8, 4) is 5.88 Å². The van der Waals surface area contributed by atoms with Gasteiger partial charge in [0.05, 0.1) is 6.61 Å². The molecule has 132 valence electrons. The fourth-order valence-corrected chi connectivity index (χ4v) is 2.60. The lowest BCUT2D eigenvalue weighted by atomic mass is 10.1. The zero-order valence-electron chi connectivity index (χ0n) is 14.8. The molecule has 0 radical (unpaired) electrons. The highest BCUT2D eigenvalue weighted by Gasteiger charge is 2.22. The Labute approximate surface area is 148 Å². The molecule has 5 nitrogen and oxygen atoms in total. The Balaban J connectivity index is 1.55. The summed E-state index contributed by atoms with van der Waals surface area (Å²) < 4.78 is 5.74. The molecule has 0 aliphatic heterocycles. The molecule has 5 heteroatoms. The maximum Gasteiger partial charge on any atom is 0.221 e. The summed E-state index contributed by atoms with van der Waals surface area (Å²) in [7, 11) is 0. The summed E-state index contributed by atoms with van der Waals surface area (Å²) in [5.74, 6) is 1.36. The minimum atomic E-state index is -0.0618. The van der Waals surface area contributed by atoms with E-state index in [1.807, 2.05) is 30.3 Å². The van der Waals surface area contributed by atoms with Gasteiger partial charge in [0.2, 0.25) is 11.8 Å². The van der Waals surface area contributed by atoms with Gasteiger partial charge in [-0.05, 0) is 55.0 Å². The highest BCUT2D eigenvalue weighted by atomic mass is 16.5. The molecule has 1 unspecified atom stereocenters. The normalized spacial score (nSPS) is 14.8. The Morgan fingerprint density at radius 2 is 2.16 bits per heavy atom. The van der Waals surface area contributed by atoms with Crippen LogP contribution in [0.2, 0.25) is 0 Å². The maximum atomic E-state index is 11.2. The molecule has 1 aliphatic carbocycles. The third-order valence-electron chi connectivity index (χ3n) is 4.28. The van der Waals surface area contributed by atoms with Crippen molar-refractivity contribution in [2.45, 2.75) is 39.3 Å². The maximum absolute atomic E-state index is 11.2. The second-order valence-corrected chi connectivity index (χ2v) is 6.67. The molecule has 0 bridgehead atoms. The van der Waals surface area contributed by atoms with E-state index in [1.165, 1.54) is 19.8 Å². The number of hydrogen-bond acceptors (Lipinski definition) is 4. The van der Waals surface area contributed by atoms with Crippen molar-refractivity contribution in [3.05, 3.63) is 53.7 Å². The van der Waals surface area contributed by atoms with E-state index in [0.29, 0.717) is 5.88 Å². The monoisotopic (exact) mass is 339 g/mol. The summed E-state index contributed by atoms with van der Waals surface area (Å²) in [6, 6.07) is 12.1. The molecular formula is C20H25N3O2. The van der Waals surface area contributed by atoms with Crippen LogP contribution in [-0.2, 0) is 11.3 Å². The van der Waals surface area contributed by atoms with Crippen LogP contribution in [0.1, 0.15) is 43.9 Å². The molecule has 0 spiro atoms. The molecule has 1 aromatic carbocycles. The predicted octanol–water partition coefficient (Wildman–Crippen LogP) is 3.68. The third kappa shape index (κ3) is 5.57. The van der Waals surface area contributed by atoms with Crippen LogP contribution in [-0.4, -0.2) is 17.5 Å². The minimum absolute atomic E-state index is 0.0618. The van der Waals surface area contributed by atoms with Crippen molar-refractivity contribution in [1.82, 2.24) is 10.3 Å². The molecule has 2 aromatic rings. The number of nitrogens with one attached hydrogen (secondary N) is 2. The summed E-state index contributed by atoms with van der Waals surface area (Å²) in [5, 5.41) is 6.32. The molecule has 1 atom stereocenters. The minimum Gasteiger partial charge on any atom is -0.477 e. The molecule has 25 heavy (non-hydrogen) atoms. The van der Waals surface area contributed by atoms with Crippen LogP contribution in [0.4, 0.5) is 5.69 Å². The molecule has 1 aromatic heterocycles. The fourth-order valence-electron chi connectivity index (χ4n) is 2.60. The average molecular weight is 339 g/mol. The van der Waals surface area contributed by atoms with Gasteiger partial charge in [-0.1, -0.05) is 12.1 Å². The highest BCUT2D eigenvalue weighted by Crippen LogP contribution is 2.29. The zero-order valence-corrected chi connectivity index (χ0v) is 14.8. The molecule has 1 heterocycles. The van der Waals surface area contributed by atoms with Crippen LogP contribution in [0.15, 0.2) is 42.6 Å². The number of amides is 1. The largest absolute Gasteiger partial charge is 0.477 e. The lowest BCUT2D eigenvalue weighted by Gasteiger charge is -2.16. The Kier molecular flexibility index (Phi) is 5.66. The SMILES string of the molecule is CC(=O)Nc1cccc(C(C)NCc2ccnc(OCC3CC3)c2)c1. The first-order chi connectivity index (χ1) is 12.1. The van der Waals surface area contributed by atoms with Gasteiger partial charge < -0.3 is 15.4 Å². The van der Waals surface area contributed by atoms with Crippen LogP contribution < -0.4 is 15.4 Å². The van der Waals surface area contributed by atoms with E-state index < -0.39 is 0 Å². The molecule has 1 amide bonds. The van der Waals surface area contributed by atoms with Gasteiger partial charge in [0, 0.05) is 37.5 Å². The first-order valence-corrected chi connectivity index (χ1v) is 8.79. The Hall–Kier alpha value is -2.40. The van der Waals surface area contributed by atoms with E-state index in [0.717, 1.165) is 35.9 Å². The van der Waals surface area contributed by atoms with Crippen molar-refractivity contribution in [2.24, 2.45) is 5.92 Å². The van der Waals surface area contributed by atoms with E-state index >= 15 is 0 Å². The lowest BCUT2D eigenvalue weighted by molar-refractivity contribution is -0.114. The van der Waals surface area contributed by atoms with Crippen LogP contribution in [0, 0.1) is 5.92 Å². The number of pyridine rings is 1. The van der Waals surface area contributed by atoms with Crippen LogP contribution in [0.25, 0.3) is 0 Å². The van der Waals surface area contributed by atoms with E-state index in [4.69, 9.17) is 4.74 Å². The Morgan fingerprint density at radius 1 is 1.32 bits per heavy atom. The topological polar surface area (TPSA) is 63.2 Å². The first-order valence-electron chi connectivity index (χ1n) is 8.79. The summed E-state index contributed by atoms with van der Waals surface area (Å²) in [6.07, 6.45) is 4.34. The van der Waals surface area contributed by atoms with Gasteiger partial charge in [0.15, 0.2) is 0 Å². The first kappa shape index (κ1) is 17.4. The molecule has 2 N–H and O–H groups in total. The van der Waals surface area contributed by atoms with Gasteiger partial charge >= 0.3 is 0 Å². The second kappa shape index (κ2) is 8.12. The molecule has 1 fully saturated rings. The standard InChI is InChI=1S/C20H25N3O2/c1-14(18-4-3-5-19(11-18)23-15(2)24)22-12-17-8-9-21-20(10-17)25-13-16-6-7-16/h3-5,8-11,14,16,22H,6-7,12-13H2,1-2H3,(H,23,24). The van der Waals surface area contributed by atoms with E-state index in [-0.39, 0.29) is 11.9 Å². The number of ether oxygens (including phenoxy) is 1. The molecular weight excluding hydrogens is 314 g/mol. The van der Waals surface area contributed by atoms with Crippen molar-refractivity contribution < 1.29 is 9.53 Å². The summed E-state index contributed by atoms with van der Waals surface area (Å²) in [6.45, 7) is 5.13. The van der Waals surface area contributed by atoms with Crippen molar-refractivity contribution >= 4 is 11.6 Å².